The van der Waals surface area contributed by atoms with Crippen LogP contribution in [-0.4, -0.2) is 72.9 Å². The Balaban J connectivity index is 2.28. The minimum atomic E-state index is -4.63. The minimum absolute atomic E-state index is 0.0384. The number of hydrogen-bond donors (Lipinski definition) is 1. The molecule has 0 atom stereocenters. The number of hydrogen-bond acceptors (Lipinski definition) is 6. The molecule has 0 aliphatic carbocycles. The fraction of sp³-hybridized carbons (Fsp3) is 0.538. The van der Waals surface area contributed by atoms with Gasteiger partial charge < -0.3 is 14.8 Å². The van der Waals surface area contributed by atoms with Gasteiger partial charge in [0.15, 0.2) is 17.4 Å². The molecule has 8 nitrogen and oxygen atoms in total. The lowest BCUT2D eigenvalue weighted by Gasteiger charge is -2.25. The summed E-state index contributed by atoms with van der Waals surface area (Å²) in [7, 11) is 0. The van der Waals surface area contributed by atoms with Crippen LogP contribution >= 0.6 is 0 Å². The minimum Gasteiger partial charge on any atom is -0.379 e. The second-order valence-electron chi connectivity index (χ2n) is 4.84. The summed E-state index contributed by atoms with van der Waals surface area (Å²) < 4.78 is 44.6. The number of imidazole rings is 1. The number of carbonyl (C=O) groups is 1. The summed E-state index contributed by atoms with van der Waals surface area (Å²) in [6, 6.07) is 0. The van der Waals surface area contributed by atoms with Gasteiger partial charge in [0.2, 0.25) is 0 Å². The number of ether oxygens (including phenoxy) is 1. The van der Waals surface area contributed by atoms with Gasteiger partial charge >= 0.3 is 6.18 Å². The molecule has 0 bridgehead atoms. The van der Waals surface area contributed by atoms with E-state index in [2.05, 4.69) is 27.1 Å². The van der Waals surface area contributed by atoms with Crippen molar-refractivity contribution in [1.29, 1.82) is 0 Å². The van der Waals surface area contributed by atoms with Crippen molar-refractivity contribution in [2.24, 2.45) is 10.1 Å². The van der Waals surface area contributed by atoms with E-state index in [1.54, 1.807) is 0 Å². The molecule has 0 radical (unpaired) electrons. The van der Waals surface area contributed by atoms with Crippen molar-refractivity contribution in [2.75, 3.05) is 39.5 Å². The summed E-state index contributed by atoms with van der Waals surface area (Å²) >= 11 is 0. The Bertz CT molecular complexity index is 607. The SMILES string of the molecule is C=Nn1c(C(F)(F)F)cnc1/C(=N\CN1CCOCC1)NCC=O. The number of carbonyl (C=O) groups excluding carboxylic acids is 1. The second-order valence-corrected chi connectivity index (χ2v) is 4.84. The highest BCUT2D eigenvalue weighted by atomic mass is 19.4. The first-order valence-electron chi connectivity index (χ1n) is 7.11. The fourth-order valence-electron chi connectivity index (χ4n) is 2.10. The second kappa shape index (κ2) is 8.02. The number of halogens is 3. The Kier molecular flexibility index (Phi) is 6.04. The molecule has 1 saturated heterocycles. The molecule has 0 aromatic carbocycles. The lowest BCUT2D eigenvalue weighted by molar-refractivity contribution is -0.143. The number of amidine groups is 1. The number of morpholine rings is 1. The van der Waals surface area contributed by atoms with E-state index in [1.165, 1.54) is 0 Å². The highest BCUT2D eigenvalue weighted by Gasteiger charge is 2.37. The van der Waals surface area contributed by atoms with E-state index in [1.807, 2.05) is 4.90 Å². The lowest BCUT2D eigenvalue weighted by Crippen LogP contribution is -2.38. The van der Waals surface area contributed by atoms with E-state index >= 15 is 0 Å². The normalized spacial score (nSPS) is 16.9. The standard InChI is InChI=1S/C13H17F3N6O2/c1-17-22-10(13(14,15)16)8-19-12(22)11(18-2-5-23)20-9-21-3-6-24-7-4-21/h5,8H,1-4,6-7,9H2,(H,18,20). The number of nitrogens with zero attached hydrogens (tertiary/aromatic N) is 5. The highest BCUT2D eigenvalue weighted by Crippen LogP contribution is 2.29. The first-order valence-corrected chi connectivity index (χ1v) is 7.11. The van der Waals surface area contributed by atoms with Gasteiger partial charge in [-0.2, -0.15) is 18.3 Å². The van der Waals surface area contributed by atoms with Crippen LogP contribution in [0.3, 0.4) is 0 Å². The number of aromatic nitrogens is 2. The van der Waals surface area contributed by atoms with Gasteiger partial charge in [0.1, 0.15) is 6.29 Å². The number of alkyl halides is 3. The summed E-state index contributed by atoms with van der Waals surface area (Å²) in [5.74, 6) is -0.121. The molecule has 1 fully saturated rings. The van der Waals surface area contributed by atoms with Gasteiger partial charge in [-0.3, -0.25) is 4.90 Å². The first kappa shape index (κ1) is 18.1. The van der Waals surface area contributed by atoms with Crippen LogP contribution in [0.15, 0.2) is 16.3 Å². The van der Waals surface area contributed by atoms with Gasteiger partial charge in [-0.05, 0) is 0 Å². The molecular formula is C13H17F3N6O2. The van der Waals surface area contributed by atoms with Gasteiger partial charge in [0.05, 0.1) is 32.6 Å². The van der Waals surface area contributed by atoms with Crippen molar-refractivity contribution in [3.63, 3.8) is 0 Å². The van der Waals surface area contributed by atoms with E-state index in [9.17, 15) is 18.0 Å². The van der Waals surface area contributed by atoms with Crippen LogP contribution in [0, 0.1) is 0 Å². The van der Waals surface area contributed by atoms with E-state index in [0.29, 0.717) is 43.5 Å². The van der Waals surface area contributed by atoms with Crippen LogP contribution in [0.2, 0.25) is 0 Å². The van der Waals surface area contributed by atoms with Gasteiger partial charge in [-0.1, -0.05) is 0 Å². The van der Waals surface area contributed by atoms with Gasteiger partial charge in [0, 0.05) is 19.8 Å². The third-order valence-corrected chi connectivity index (χ3v) is 3.27. The van der Waals surface area contributed by atoms with Crippen LogP contribution in [-0.2, 0) is 15.7 Å². The predicted molar refractivity (Wildman–Crippen MR) is 80.0 cm³/mol. The van der Waals surface area contributed by atoms with E-state index in [4.69, 9.17) is 4.74 Å². The maximum absolute atomic E-state index is 13.0. The van der Waals surface area contributed by atoms with Crippen molar-refractivity contribution in [3.8, 4) is 0 Å². The number of rotatable bonds is 6. The maximum Gasteiger partial charge on any atom is 0.435 e. The van der Waals surface area contributed by atoms with Crippen molar-refractivity contribution in [2.45, 2.75) is 6.18 Å². The average Bonchev–Trinajstić information content (AvgIpc) is 3.00. The molecule has 1 aromatic heterocycles. The van der Waals surface area contributed by atoms with Crippen molar-refractivity contribution >= 4 is 18.8 Å². The molecule has 1 aliphatic heterocycles. The summed E-state index contributed by atoms with van der Waals surface area (Å²) in [6.45, 7) is 5.70. The van der Waals surface area contributed by atoms with Crippen molar-refractivity contribution in [1.82, 2.24) is 19.9 Å². The number of aliphatic imine (C=N–C) groups is 1. The third-order valence-electron chi connectivity index (χ3n) is 3.27. The van der Waals surface area contributed by atoms with Crippen molar-refractivity contribution < 1.29 is 22.7 Å². The molecule has 132 valence electrons. The zero-order valence-corrected chi connectivity index (χ0v) is 12.8. The Labute approximate surface area is 136 Å². The molecule has 0 unspecified atom stereocenters. The van der Waals surface area contributed by atoms with Gasteiger partial charge in [0.25, 0.3) is 0 Å². The van der Waals surface area contributed by atoms with E-state index in [0.717, 1.165) is 0 Å². The predicted octanol–water partition coefficient (Wildman–Crippen LogP) is 0.190. The Morgan fingerprint density at radius 1 is 1.46 bits per heavy atom. The first-order chi connectivity index (χ1) is 11.5. The molecule has 0 saturated carbocycles. The average molecular weight is 346 g/mol. The monoisotopic (exact) mass is 346 g/mol. The Morgan fingerprint density at radius 2 is 2.17 bits per heavy atom. The molecule has 24 heavy (non-hydrogen) atoms. The van der Waals surface area contributed by atoms with E-state index in [-0.39, 0.29) is 24.9 Å². The smallest absolute Gasteiger partial charge is 0.379 e. The quantitative estimate of drug-likeness (QED) is 0.452. The van der Waals surface area contributed by atoms with Crippen molar-refractivity contribution in [3.05, 3.63) is 17.7 Å². The summed E-state index contributed by atoms with van der Waals surface area (Å²) in [4.78, 5) is 20.5. The number of nitrogens with one attached hydrogen (secondary N) is 1. The molecule has 1 aromatic rings. The molecule has 11 heteroatoms. The van der Waals surface area contributed by atoms with Crippen LogP contribution < -0.4 is 5.32 Å². The summed E-state index contributed by atoms with van der Waals surface area (Å²) in [5.41, 5.74) is -1.07. The van der Waals surface area contributed by atoms with Gasteiger partial charge in [-0.15, -0.1) is 0 Å². The fourth-order valence-corrected chi connectivity index (χ4v) is 2.10. The van der Waals surface area contributed by atoms with Crippen LogP contribution in [0.5, 0.6) is 0 Å². The largest absolute Gasteiger partial charge is 0.435 e. The molecule has 1 N–H and O–H groups in total. The molecule has 0 amide bonds. The molecule has 2 heterocycles. The lowest BCUT2D eigenvalue weighted by atomic mass is 10.4. The van der Waals surface area contributed by atoms with Crippen LogP contribution in [0.4, 0.5) is 13.2 Å². The van der Waals surface area contributed by atoms with E-state index < -0.39 is 11.9 Å². The van der Waals surface area contributed by atoms with Crippen LogP contribution in [0.25, 0.3) is 0 Å². The third kappa shape index (κ3) is 4.38. The zero-order chi connectivity index (χ0) is 17.6. The zero-order valence-electron chi connectivity index (χ0n) is 12.8. The Hall–Kier alpha value is -2.27. The summed E-state index contributed by atoms with van der Waals surface area (Å²) in [6.07, 6.45) is -3.41. The highest BCUT2D eigenvalue weighted by molar-refractivity contribution is 5.96. The maximum atomic E-state index is 13.0. The summed E-state index contributed by atoms with van der Waals surface area (Å²) in [5, 5.41) is 6.01. The Morgan fingerprint density at radius 3 is 2.75 bits per heavy atom. The molecular weight excluding hydrogens is 329 g/mol. The molecule has 0 spiro atoms. The number of aldehydes is 1. The van der Waals surface area contributed by atoms with Crippen LogP contribution in [0.1, 0.15) is 11.5 Å². The van der Waals surface area contributed by atoms with Gasteiger partial charge in [-0.25, -0.2) is 14.7 Å². The molecule has 1 aliphatic rings. The topological polar surface area (TPSA) is 84.1 Å². The molecule has 2 rings (SSSR count).